The van der Waals surface area contributed by atoms with Gasteiger partial charge in [-0.25, -0.2) is 0 Å². The summed E-state index contributed by atoms with van der Waals surface area (Å²) in [7, 11) is 0. The zero-order valence-electron chi connectivity index (χ0n) is 13.8. The molecular formula is C17H26O4. The molecule has 0 radical (unpaired) electrons. The van der Waals surface area contributed by atoms with Crippen LogP contribution in [-0.4, -0.2) is 23.1 Å². The van der Waals surface area contributed by atoms with E-state index < -0.39 is 23.0 Å². The molecule has 0 N–H and O–H groups in total. The van der Waals surface area contributed by atoms with Gasteiger partial charge in [0.25, 0.3) is 0 Å². The van der Waals surface area contributed by atoms with E-state index in [9.17, 15) is 9.59 Å². The van der Waals surface area contributed by atoms with Crippen LogP contribution in [0.1, 0.15) is 48.0 Å². The number of carbonyl (C=O) groups excluding carboxylic acids is 2. The second-order valence-electron chi connectivity index (χ2n) is 8.07. The van der Waals surface area contributed by atoms with E-state index in [1.54, 1.807) is 0 Å². The third-order valence-corrected chi connectivity index (χ3v) is 3.82. The highest BCUT2D eigenvalue weighted by molar-refractivity contribution is 5.84. The van der Waals surface area contributed by atoms with Gasteiger partial charge >= 0.3 is 11.9 Å². The Kier molecular flexibility index (Phi) is 3.94. The van der Waals surface area contributed by atoms with Crippen molar-refractivity contribution in [3.63, 3.8) is 0 Å². The average Bonchev–Trinajstić information content (AvgIpc) is 2.82. The van der Waals surface area contributed by atoms with Gasteiger partial charge in [-0.05, 0) is 59.8 Å². The molecule has 2 rings (SSSR count). The second kappa shape index (κ2) is 5.15. The van der Waals surface area contributed by atoms with Crippen LogP contribution >= 0.6 is 0 Å². The number of fused-ring (bicyclic) bond motifs is 2. The van der Waals surface area contributed by atoms with Crippen LogP contribution in [0.3, 0.4) is 0 Å². The summed E-state index contributed by atoms with van der Waals surface area (Å²) in [4.78, 5) is 24.9. The molecule has 0 saturated heterocycles. The van der Waals surface area contributed by atoms with Gasteiger partial charge in [0.1, 0.15) is 11.2 Å². The summed E-state index contributed by atoms with van der Waals surface area (Å²) in [6.45, 7) is 11.1. The standard InChI is InChI=1S/C17H26O4/c1-16(2,3)20-14(18)12-10-7-8-11(9-10)13(12)15(19)21-17(4,5)6/h7-8,10-13H,9H2,1-6H3/t10-,11+,12?,13?. The molecule has 0 spiro atoms. The van der Waals surface area contributed by atoms with E-state index >= 15 is 0 Å². The normalized spacial score (nSPS) is 31.3. The predicted molar refractivity (Wildman–Crippen MR) is 79.4 cm³/mol. The topological polar surface area (TPSA) is 52.6 Å². The van der Waals surface area contributed by atoms with Gasteiger partial charge in [-0.1, -0.05) is 12.2 Å². The van der Waals surface area contributed by atoms with E-state index in [0.29, 0.717) is 0 Å². The molecule has 0 aliphatic heterocycles. The fourth-order valence-corrected chi connectivity index (χ4v) is 3.20. The molecule has 1 fully saturated rings. The summed E-state index contributed by atoms with van der Waals surface area (Å²) in [5.41, 5.74) is -1.08. The molecule has 21 heavy (non-hydrogen) atoms. The van der Waals surface area contributed by atoms with Crippen LogP contribution in [0.15, 0.2) is 12.2 Å². The van der Waals surface area contributed by atoms with E-state index in [-0.39, 0.29) is 23.8 Å². The maximum absolute atomic E-state index is 12.5. The van der Waals surface area contributed by atoms with Gasteiger partial charge in [0.15, 0.2) is 0 Å². The van der Waals surface area contributed by atoms with Crippen molar-refractivity contribution in [2.24, 2.45) is 23.7 Å². The number of ether oxygens (including phenoxy) is 2. The minimum absolute atomic E-state index is 0.0994. The van der Waals surface area contributed by atoms with Crippen molar-refractivity contribution < 1.29 is 19.1 Å². The van der Waals surface area contributed by atoms with E-state index in [2.05, 4.69) is 0 Å². The molecule has 2 bridgehead atoms. The summed E-state index contributed by atoms with van der Waals surface area (Å²) in [5, 5.41) is 0. The summed E-state index contributed by atoms with van der Waals surface area (Å²) in [5.74, 6) is -1.18. The fourth-order valence-electron chi connectivity index (χ4n) is 3.20. The Bertz CT molecular complexity index is 422. The van der Waals surface area contributed by atoms with Crippen molar-refractivity contribution in [3.05, 3.63) is 12.2 Å². The highest BCUT2D eigenvalue weighted by Crippen LogP contribution is 2.49. The number of esters is 2. The molecule has 4 heteroatoms. The van der Waals surface area contributed by atoms with Crippen LogP contribution in [0.5, 0.6) is 0 Å². The van der Waals surface area contributed by atoms with Gasteiger partial charge in [-0.2, -0.15) is 0 Å². The molecule has 0 aromatic heterocycles. The van der Waals surface area contributed by atoms with Crippen molar-refractivity contribution >= 4 is 11.9 Å². The SMILES string of the molecule is CC(C)(C)OC(=O)C1C(C(=O)OC(C)(C)C)[C@H]2C=C[C@@H]1C2. The molecule has 0 aromatic carbocycles. The summed E-state index contributed by atoms with van der Waals surface area (Å²) in [6.07, 6.45) is 4.92. The minimum Gasteiger partial charge on any atom is -0.460 e. The smallest absolute Gasteiger partial charge is 0.310 e. The van der Waals surface area contributed by atoms with E-state index in [1.165, 1.54) is 0 Å². The van der Waals surface area contributed by atoms with Crippen LogP contribution in [0, 0.1) is 23.7 Å². The maximum Gasteiger partial charge on any atom is 0.310 e. The van der Waals surface area contributed by atoms with Gasteiger partial charge < -0.3 is 9.47 Å². The highest BCUT2D eigenvalue weighted by atomic mass is 16.6. The average molecular weight is 294 g/mol. The lowest BCUT2D eigenvalue weighted by atomic mass is 9.83. The molecule has 2 aliphatic rings. The van der Waals surface area contributed by atoms with Crippen molar-refractivity contribution in [1.82, 2.24) is 0 Å². The van der Waals surface area contributed by atoms with Crippen LogP contribution in [0.25, 0.3) is 0 Å². The maximum atomic E-state index is 12.5. The van der Waals surface area contributed by atoms with Gasteiger partial charge in [-0.15, -0.1) is 0 Å². The number of allylic oxidation sites excluding steroid dienone is 2. The monoisotopic (exact) mass is 294 g/mol. The Balaban J connectivity index is 2.17. The summed E-state index contributed by atoms with van der Waals surface area (Å²) < 4.78 is 11.0. The molecule has 1 saturated carbocycles. The second-order valence-corrected chi connectivity index (χ2v) is 8.07. The molecule has 2 aliphatic carbocycles. The Hall–Kier alpha value is -1.32. The van der Waals surface area contributed by atoms with Crippen LogP contribution < -0.4 is 0 Å². The summed E-state index contributed by atoms with van der Waals surface area (Å²) >= 11 is 0. The number of rotatable bonds is 2. The third-order valence-electron chi connectivity index (χ3n) is 3.82. The highest BCUT2D eigenvalue weighted by Gasteiger charge is 2.54. The molecule has 0 amide bonds. The fraction of sp³-hybridized carbons (Fsp3) is 0.765. The number of hydrogen-bond donors (Lipinski definition) is 0. The van der Waals surface area contributed by atoms with Gasteiger partial charge in [0.2, 0.25) is 0 Å². The van der Waals surface area contributed by atoms with Crippen LogP contribution in [-0.2, 0) is 19.1 Å². The van der Waals surface area contributed by atoms with Crippen LogP contribution in [0.2, 0.25) is 0 Å². The quantitative estimate of drug-likeness (QED) is 0.580. The van der Waals surface area contributed by atoms with Gasteiger partial charge in [-0.3, -0.25) is 9.59 Å². The number of carbonyl (C=O) groups is 2. The Labute approximate surface area is 126 Å². The Morgan fingerprint density at radius 3 is 1.43 bits per heavy atom. The van der Waals surface area contributed by atoms with E-state index in [0.717, 1.165) is 6.42 Å². The van der Waals surface area contributed by atoms with Crippen molar-refractivity contribution in [3.8, 4) is 0 Å². The van der Waals surface area contributed by atoms with E-state index in [1.807, 2.05) is 53.7 Å². The van der Waals surface area contributed by atoms with E-state index in [4.69, 9.17) is 9.47 Å². The molecule has 4 nitrogen and oxygen atoms in total. The molecule has 0 heterocycles. The van der Waals surface area contributed by atoms with Crippen molar-refractivity contribution in [2.45, 2.75) is 59.2 Å². The Morgan fingerprint density at radius 1 is 0.810 bits per heavy atom. The molecule has 0 aromatic rings. The lowest BCUT2D eigenvalue weighted by Crippen LogP contribution is -2.40. The lowest BCUT2D eigenvalue weighted by Gasteiger charge is -2.30. The molecular weight excluding hydrogens is 268 g/mol. The zero-order valence-corrected chi connectivity index (χ0v) is 13.8. The number of hydrogen-bond acceptors (Lipinski definition) is 4. The third kappa shape index (κ3) is 3.66. The lowest BCUT2D eigenvalue weighted by molar-refractivity contribution is -0.173. The van der Waals surface area contributed by atoms with Crippen molar-refractivity contribution in [1.29, 1.82) is 0 Å². The first kappa shape index (κ1) is 16.1. The first-order valence-corrected chi connectivity index (χ1v) is 7.62. The van der Waals surface area contributed by atoms with Crippen molar-refractivity contribution in [2.75, 3.05) is 0 Å². The predicted octanol–water partition coefficient (Wildman–Crippen LogP) is 3.11. The minimum atomic E-state index is -0.541. The van der Waals surface area contributed by atoms with Gasteiger partial charge in [0.05, 0.1) is 11.8 Å². The first-order chi connectivity index (χ1) is 9.48. The van der Waals surface area contributed by atoms with Gasteiger partial charge in [0, 0.05) is 0 Å². The molecule has 118 valence electrons. The molecule has 4 atom stereocenters. The Morgan fingerprint density at radius 2 is 1.14 bits per heavy atom. The first-order valence-electron chi connectivity index (χ1n) is 7.62. The summed E-state index contributed by atoms with van der Waals surface area (Å²) in [6, 6.07) is 0. The zero-order chi connectivity index (χ0) is 16.0. The molecule has 2 unspecified atom stereocenters. The van der Waals surface area contributed by atoms with Crippen LogP contribution in [0.4, 0.5) is 0 Å². The largest absolute Gasteiger partial charge is 0.460 e.